The Bertz CT molecular complexity index is 1920. The third-order valence-corrected chi connectivity index (χ3v) is 9.79. The number of carboxylic acids is 1. The number of nitriles is 1. The van der Waals surface area contributed by atoms with Gasteiger partial charge in [-0.15, -0.1) is 0 Å². The van der Waals surface area contributed by atoms with E-state index < -0.39 is 18.1 Å². The lowest BCUT2D eigenvalue weighted by Gasteiger charge is -2.25. The molecule has 2 heterocycles. The Labute approximate surface area is 313 Å². The maximum atomic E-state index is 11.8. The van der Waals surface area contributed by atoms with Gasteiger partial charge in [0.1, 0.15) is 42.1 Å². The molecule has 0 unspecified atom stereocenters. The predicted molar refractivity (Wildman–Crippen MR) is 198 cm³/mol. The zero-order chi connectivity index (χ0) is 37.3. The Hall–Kier alpha value is -4.41. The Morgan fingerprint density at radius 1 is 1.04 bits per heavy atom. The molecule has 0 aliphatic carbocycles. The zero-order valence-electron chi connectivity index (χ0n) is 29.1. The van der Waals surface area contributed by atoms with Gasteiger partial charge in [0.2, 0.25) is 0 Å². The number of halogens is 2. The number of nitrogens with one attached hydrogen (secondary N) is 1. The van der Waals surface area contributed by atoms with Gasteiger partial charge < -0.3 is 34.4 Å². The van der Waals surface area contributed by atoms with Crippen LogP contribution in [-0.4, -0.2) is 75.7 Å². The van der Waals surface area contributed by atoms with E-state index in [2.05, 4.69) is 21.3 Å². The van der Waals surface area contributed by atoms with Crippen molar-refractivity contribution in [1.82, 2.24) is 15.2 Å². The number of β-amino-alcohol motifs (C(OH)–C–C–N with tert-alkyl or cyclic N) is 1. The molecule has 0 radical (unpaired) electrons. The molecule has 52 heavy (non-hydrogen) atoms. The minimum Gasteiger partial charge on any atom is -0.493 e. The molecule has 0 amide bonds. The van der Waals surface area contributed by atoms with Crippen LogP contribution in [0.25, 0.3) is 11.1 Å². The van der Waals surface area contributed by atoms with Gasteiger partial charge in [-0.25, -0.2) is 0 Å². The molecule has 13 heteroatoms. The van der Waals surface area contributed by atoms with Gasteiger partial charge in [0.25, 0.3) is 0 Å². The molecule has 1 saturated heterocycles. The summed E-state index contributed by atoms with van der Waals surface area (Å²) in [6.07, 6.45) is 4.47. The van der Waals surface area contributed by atoms with Crippen molar-refractivity contribution in [3.63, 3.8) is 0 Å². The van der Waals surface area contributed by atoms with E-state index in [1.807, 2.05) is 43.3 Å². The number of aliphatic hydroxyl groups is 2. The van der Waals surface area contributed by atoms with Crippen LogP contribution in [0.5, 0.6) is 17.2 Å². The molecule has 1 aliphatic rings. The Balaban J connectivity index is 1.32. The molecule has 1 fully saturated rings. The lowest BCUT2D eigenvalue weighted by molar-refractivity contribution is -0.145. The van der Waals surface area contributed by atoms with Gasteiger partial charge in [0, 0.05) is 66.9 Å². The summed E-state index contributed by atoms with van der Waals surface area (Å²) in [6, 6.07) is 18.6. The standard InChI is InChI=1S/C39H42Cl2N4O7/c1-25-31(7-4-9-34(25)50-13-5-11-45-12-10-30(47)21-45)32-8-3-6-28(37(32)41)23-52-36-16-35(51-22-27-14-26(17-42)18-43-19-27)29(15-33(36)40)20-44-39(2,24-46)38(48)49/h3-4,6-9,14-16,18-19,30,44,46-47H,5,10-13,20-24H2,1-2H3,(H,48,49)/t30-,39-/m1/s1. The maximum absolute atomic E-state index is 11.8. The minimum atomic E-state index is -1.60. The van der Waals surface area contributed by atoms with E-state index in [-0.39, 0.29) is 30.9 Å². The van der Waals surface area contributed by atoms with Crippen molar-refractivity contribution >= 4 is 29.2 Å². The first kappa shape index (κ1) is 38.8. The van der Waals surface area contributed by atoms with Gasteiger partial charge >= 0.3 is 5.97 Å². The number of rotatable bonds is 17. The number of pyridine rings is 1. The van der Waals surface area contributed by atoms with Gasteiger partial charge in [-0.3, -0.25) is 15.1 Å². The number of hydrogen-bond donors (Lipinski definition) is 4. The molecule has 1 aliphatic heterocycles. The average molecular weight is 750 g/mol. The normalized spacial score (nSPS) is 15.5. The van der Waals surface area contributed by atoms with Crippen LogP contribution >= 0.6 is 23.2 Å². The van der Waals surface area contributed by atoms with Crippen molar-refractivity contribution in [2.75, 3.05) is 32.8 Å². The summed E-state index contributed by atoms with van der Waals surface area (Å²) in [6.45, 7) is 5.96. The molecular formula is C39H42Cl2N4O7. The number of hydrogen-bond acceptors (Lipinski definition) is 10. The smallest absolute Gasteiger partial charge is 0.326 e. The van der Waals surface area contributed by atoms with Crippen LogP contribution in [0.4, 0.5) is 0 Å². The molecule has 11 nitrogen and oxygen atoms in total. The van der Waals surface area contributed by atoms with Crippen molar-refractivity contribution in [2.45, 2.75) is 58.1 Å². The van der Waals surface area contributed by atoms with E-state index in [9.17, 15) is 25.4 Å². The predicted octanol–water partition coefficient (Wildman–Crippen LogP) is 6.15. The average Bonchev–Trinajstić information content (AvgIpc) is 3.57. The summed E-state index contributed by atoms with van der Waals surface area (Å²) in [5.74, 6) is 0.226. The van der Waals surface area contributed by atoms with Gasteiger partial charge in [-0.05, 0) is 56.0 Å². The summed E-state index contributed by atoms with van der Waals surface area (Å²) in [4.78, 5) is 18.1. The van der Waals surface area contributed by atoms with E-state index in [1.165, 1.54) is 13.1 Å². The molecule has 4 aromatic rings. The number of nitrogens with zero attached hydrogens (tertiary/aromatic N) is 3. The highest BCUT2D eigenvalue weighted by Crippen LogP contribution is 2.38. The number of likely N-dealkylation sites (tertiary alicyclic amines) is 1. The molecule has 4 N–H and O–H groups in total. The third kappa shape index (κ3) is 9.72. The molecular weight excluding hydrogens is 707 g/mol. The third-order valence-electron chi connectivity index (χ3n) is 9.05. The highest BCUT2D eigenvalue weighted by atomic mass is 35.5. The first-order chi connectivity index (χ1) is 25.0. The van der Waals surface area contributed by atoms with Crippen LogP contribution in [0, 0.1) is 18.3 Å². The summed E-state index contributed by atoms with van der Waals surface area (Å²) in [5.41, 5.74) is 3.40. The summed E-state index contributed by atoms with van der Waals surface area (Å²) < 4.78 is 18.5. The van der Waals surface area contributed by atoms with Crippen LogP contribution < -0.4 is 19.5 Å². The molecule has 1 aromatic heterocycles. The van der Waals surface area contributed by atoms with Crippen molar-refractivity contribution in [3.05, 3.63) is 105 Å². The number of carbonyl (C=O) groups is 1. The van der Waals surface area contributed by atoms with Gasteiger partial charge in [0.05, 0.1) is 34.9 Å². The van der Waals surface area contributed by atoms with Gasteiger partial charge in [0.15, 0.2) is 0 Å². The molecule has 3 aromatic carbocycles. The van der Waals surface area contributed by atoms with Crippen LogP contribution in [0.3, 0.4) is 0 Å². The number of aliphatic hydroxyl groups excluding tert-OH is 2. The monoisotopic (exact) mass is 748 g/mol. The number of benzene rings is 3. The van der Waals surface area contributed by atoms with E-state index in [0.29, 0.717) is 46.4 Å². The van der Waals surface area contributed by atoms with Crippen LogP contribution in [0.15, 0.2) is 67.0 Å². The second-order valence-corrected chi connectivity index (χ2v) is 13.7. The fourth-order valence-electron chi connectivity index (χ4n) is 5.84. The zero-order valence-corrected chi connectivity index (χ0v) is 30.6. The fraction of sp³-hybridized carbons (Fsp3) is 0.359. The lowest BCUT2D eigenvalue weighted by atomic mass is 9.98. The Morgan fingerprint density at radius 3 is 2.54 bits per heavy atom. The first-order valence-electron chi connectivity index (χ1n) is 16.9. The van der Waals surface area contributed by atoms with Crippen LogP contribution in [-0.2, 0) is 24.6 Å². The Kier molecular flexibility index (Phi) is 13.3. The highest BCUT2D eigenvalue weighted by molar-refractivity contribution is 6.34. The van der Waals surface area contributed by atoms with Crippen molar-refractivity contribution in [2.24, 2.45) is 0 Å². The molecule has 274 valence electrons. The molecule has 0 bridgehead atoms. The molecule has 5 rings (SSSR count). The van der Waals surface area contributed by atoms with Gasteiger partial charge in [-0.2, -0.15) is 5.26 Å². The van der Waals surface area contributed by atoms with Crippen LogP contribution in [0.2, 0.25) is 10.0 Å². The largest absolute Gasteiger partial charge is 0.493 e. The van der Waals surface area contributed by atoms with Crippen molar-refractivity contribution in [1.29, 1.82) is 5.26 Å². The second kappa shape index (κ2) is 17.9. The van der Waals surface area contributed by atoms with E-state index in [1.54, 1.807) is 24.4 Å². The highest BCUT2D eigenvalue weighted by Gasteiger charge is 2.32. The summed E-state index contributed by atoms with van der Waals surface area (Å²) in [5, 5.41) is 42.0. The van der Waals surface area contributed by atoms with E-state index >= 15 is 0 Å². The van der Waals surface area contributed by atoms with Crippen molar-refractivity contribution < 1.29 is 34.3 Å². The van der Waals surface area contributed by atoms with Crippen LogP contribution in [0.1, 0.15) is 47.6 Å². The topological polar surface area (TPSA) is 157 Å². The maximum Gasteiger partial charge on any atom is 0.326 e. The summed E-state index contributed by atoms with van der Waals surface area (Å²) >= 11 is 13.7. The van der Waals surface area contributed by atoms with E-state index in [0.717, 1.165) is 53.9 Å². The number of aromatic nitrogens is 1. The molecule has 2 atom stereocenters. The minimum absolute atomic E-state index is 0.00770. The number of ether oxygens (including phenoxy) is 3. The number of carboxylic acid groups (broad SMARTS) is 1. The second-order valence-electron chi connectivity index (χ2n) is 13.0. The number of aliphatic carboxylic acids is 1. The molecule has 0 saturated carbocycles. The summed E-state index contributed by atoms with van der Waals surface area (Å²) in [7, 11) is 0. The van der Waals surface area contributed by atoms with Crippen molar-refractivity contribution in [3.8, 4) is 34.4 Å². The SMILES string of the molecule is Cc1c(OCCCN2CC[C@@H](O)C2)cccc1-c1cccc(COc2cc(OCc3cncc(C#N)c3)c(CN[C@](C)(CO)C(=O)O)cc2Cl)c1Cl. The van der Waals surface area contributed by atoms with E-state index in [4.69, 9.17) is 37.4 Å². The fourth-order valence-corrected chi connectivity index (χ4v) is 6.36. The van der Waals surface area contributed by atoms with Gasteiger partial charge in [-0.1, -0.05) is 53.5 Å². The lowest BCUT2D eigenvalue weighted by Crippen LogP contribution is -2.52. The quantitative estimate of drug-likeness (QED) is 0.0918. The first-order valence-corrected chi connectivity index (χ1v) is 17.7. The molecule has 0 spiro atoms. The Morgan fingerprint density at radius 2 is 1.81 bits per heavy atom.